The summed E-state index contributed by atoms with van der Waals surface area (Å²) in [7, 11) is 1.54. The minimum atomic E-state index is -1.15. The van der Waals surface area contributed by atoms with Crippen LogP contribution in [0, 0.1) is 0 Å². The molecule has 2 atom stereocenters. The summed E-state index contributed by atoms with van der Waals surface area (Å²) in [4.78, 5) is 37.6. The van der Waals surface area contributed by atoms with E-state index in [-0.39, 0.29) is 23.3 Å². The van der Waals surface area contributed by atoms with Crippen molar-refractivity contribution in [2.24, 2.45) is 0 Å². The molecular formula is C30H25NO7. The maximum Gasteiger partial charge on any atom is 0.339 e. The summed E-state index contributed by atoms with van der Waals surface area (Å²) in [5.74, 6) is -1.73. The highest BCUT2D eigenvalue weighted by atomic mass is 16.5. The van der Waals surface area contributed by atoms with Gasteiger partial charge in [0.1, 0.15) is 23.6 Å². The van der Waals surface area contributed by atoms with Crippen LogP contribution in [0.3, 0.4) is 0 Å². The number of carboxylic acid groups (broad SMARTS) is 1. The van der Waals surface area contributed by atoms with Crippen LogP contribution in [0.1, 0.15) is 43.5 Å². The Bertz CT molecular complexity index is 1500. The smallest absolute Gasteiger partial charge is 0.339 e. The number of hydrogen-bond acceptors (Lipinski definition) is 6. The number of aromatic hydroxyl groups is 1. The third-order valence-corrected chi connectivity index (χ3v) is 6.69. The topological polar surface area (TPSA) is 122 Å². The Kier molecular flexibility index (Phi) is 6.70. The first-order valence-electron chi connectivity index (χ1n) is 12.0. The van der Waals surface area contributed by atoms with E-state index >= 15 is 0 Å². The van der Waals surface area contributed by atoms with Crippen LogP contribution >= 0.6 is 0 Å². The van der Waals surface area contributed by atoms with Gasteiger partial charge in [-0.3, -0.25) is 4.79 Å². The fraction of sp³-hybridized carbons (Fsp3) is 0.167. The van der Waals surface area contributed by atoms with Crippen molar-refractivity contribution in [2.45, 2.75) is 25.0 Å². The third-order valence-electron chi connectivity index (χ3n) is 6.69. The van der Waals surface area contributed by atoms with Crippen molar-refractivity contribution in [3.05, 3.63) is 107 Å². The van der Waals surface area contributed by atoms with Crippen molar-refractivity contribution in [2.75, 3.05) is 7.11 Å². The van der Waals surface area contributed by atoms with Gasteiger partial charge in [-0.1, -0.05) is 48.5 Å². The number of ether oxygens (including phenoxy) is 2. The fourth-order valence-electron chi connectivity index (χ4n) is 4.75. The van der Waals surface area contributed by atoms with E-state index < -0.39 is 30.0 Å². The second-order valence-corrected chi connectivity index (χ2v) is 9.11. The van der Waals surface area contributed by atoms with Gasteiger partial charge in [-0.05, 0) is 47.0 Å². The van der Waals surface area contributed by atoms with Crippen LogP contribution in [0.4, 0.5) is 0 Å². The highest BCUT2D eigenvalue weighted by Gasteiger charge is 2.32. The van der Waals surface area contributed by atoms with Crippen molar-refractivity contribution in [3.63, 3.8) is 0 Å². The Morgan fingerprint density at radius 2 is 1.84 bits per heavy atom. The van der Waals surface area contributed by atoms with Gasteiger partial charge in [-0.15, -0.1) is 0 Å². The van der Waals surface area contributed by atoms with Gasteiger partial charge in [-0.25, -0.2) is 9.59 Å². The Morgan fingerprint density at radius 3 is 2.58 bits per heavy atom. The molecule has 38 heavy (non-hydrogen) atoms. The summed E-state index contributed by atoms with van der Waals surface area (Å²) >= 11 is 0. The number of aliphatic carboxylic acids is 1. The summed E-state index contributed by atoms with van der Waals surface area (Å²) < 4.78 is 11.0. The zero-order valence-corrected chi connectivity index (χ0v) is 20.5. The van der Waals surface area contributed by atoms with Gasteiger partial charge in [0.2, 0.25) is 0 Å². The Morgan fingerprint density at radius 1 is 1.05 bits per heavy atom. The number of hydrogen-bond donors (Lipinski definition) is 3. The number of carbonyl (C=O) groups excluding carboxylic acids is 2. The van der Waals surface area contributed by atoms with Crippen LogP contribution < -0.4 is 10.1 Å². The molecule has 1 heterocycles. The van der Waals surface area contributed by atoms with Gasteiger partial charge in [0.15, 0.2) is 0 Å². The molecule has 0 radical (unpaired) electrons. The molecule has 1 amide bonds. The monoisotopic (exact) mass is 511 g/mol. The lowest BCUT2D eigenvalue weighted by atomic mass is 9.92. The number of fused-ring (bicyclic) bond motifs is 2. The summed E-state index contributed by atoms with van der Waals surface area (Å²) in [6, 6.07) is 21.2. The summed E-state index contributed by atoms with van der Waals surface area (Å²) in [5, 5.41) is 22.8. The van der Waals surface area contributed by atoms with E-state index in [2.05, 4.69) is 5.32 Å². The van der Waals surface area contributed by atoms with Crippen LogP contribution in [-0.4, -0.2) is 41.2 Å². The van der Waals surface area contributed by atoms with Gasteiger partial charge < -0.3 is 25.0 Å². The Hall–Kier alpha value is -4.85. The standard InChI is InChI=1S/C30H25NO7/c1-37-21-10-12-25(32)27-19(14-21)9-11-22(27)26-16-18-7-8-20(15-23(18)30(36)38-26)28(33)31-24(29(34)35)13-17-5-3-2-4-6-17/h2-12,14-15,24,26,32H,13,16H2,1H3,(H,31,33)(H,34,35). The minimum absolute atomic E-state index is 0.0423. The number of carboxylic acids is 1. The highest BCUT2D eigenvalue weighted by molar-refractivity contribution is 6.00. The number of rotatable bonds is 7. The number of carbonyl (C=O) groups is 3. The van der Waals surface area contributed by atoms with Crippen LogP contribution in [0.5, 0.6) is 11.5 Å². The number of benzene rings is 2. The summed E-state index contributed by atoms with van der Waals surface area (Å²) in [5.41, 5.74) is 3.86. The molecule has 0 bridgehead atoms. The molecule has 2 aliphatic carbocycles. The lowest BCUT2D eigenvalue weighted by molar-refractivity contribution is -0.139. The molecule has 5 rings (SSSR count). The second-order valence-electron chi connectivity index (χ2n) is 9.11. The molecule has 8 heteroatoms. The number of cyclic esters (lactones) is 1. The van der Waals surface area contributed by atoms with Crippen LogP contribution in [0.25, 0.3) is 11.1 Å². The molecule has 192 valence electrons. The first-order valence-corrected chi connectivity index (χ1v) is 12.0. The Balaban J connectivity index is 1.36. The van der Waals surface area contributed by atoms with Crippen LogP contribution in [-0.2, 0) is 22.4 Å². The van der Waals surface area contributed by atoms with E-state index in [4.69, 9.17) is 9.47 Å². The minimum Gasteiger partial charge on any atom is -0.507 e. The maximum atomic E-state index is 13.0. The molecule has 2 aromatic rings. The summed E-state index contributed by atoms with van der Waals surface area (Å²) in [6.07, 6.45) is -0.155. The second kappa shape index (κ2) is 10.3. The van der Waals surface area contributed by atoms with Gasteiger partial charge in [0.25, 0.3) is 5.91 Å². The van der Waals surface area contributed by atoms with Crippen molar-refractivity contribution >= 4 is 17.8 Å². The summed E-state index contributed by atoms with van der Waals surface area (Å²) in [6.45, 7) is 0. The predicted molar refractivity (Wildman–Crippen MR) is 139 cm³/mol. The molecule has 1 aliphatic heterocycles. The number of methoxy groups -OCH3 is 1. The largest absolute Gasteiger partial charge is 0.507 e. The third kappa shape index (κ3) is 4.88. The lowest BCUT2D eigenvalue weighted by Crippen LogP contribution is -2.42. The number of esters is 1. The molecule has 8 nitrogen and oxygen atoms in total. The van der Waals surface area contributed by atoms with E-state index in [9.17, 15) is 24.6 Å². The zero-order valence-electron chi connectivity index (χ0n) is 20.5. The van der Waals surface area contributed by atoms with Gasteiger partial charge >= 0.3 is 11.9 Å². The van der Waals surface area contributed by atoms with Crippen molar-refractivity contribution in [1.29, 1.82) is 0 Å². The molecule has 2 aromatic carbocycles. The van der Waals surface area contributed by atoms with E-state index in [0.29, 0.717) is 28.9 Å². The molecule has 3 aliphatic rings. The average molecular weight is 512 g/mol. The van der Waals surface area contributed by atoms with E-state index in [1.165, 1.54) is 12.1 Å². The van der Waals surface area contributed by atoms with Gasteiger partial charge in [-0.2, -0.15) is 0 Å². The average Bonchev–Trinajstić information content (AvgIpc) is 3.27. The van der Waals surface area contributed by atoms with Crippen molar-refractivity contribution in [1.82, 2.24) is 5.32 Å². The zero-order chi connectivity index (χ0) is 26.8. The SMILES string of the molecule is COc1ccc(O)c2c(C3Cc4ccc(C(=O)NC(Cc5ccccc5)C(=O)O)cc4C(=O)O3)ccc-2c1. The maximum absolute atomic E-state index is 13.0. The molecular weight excluding hydrogens is 486 g/mol. The van der Waals surface area contributed by atoms with Crippen molar-refractivity contribution in [3.8, 4) is 22.6 Å². The fourth-order valence-corrected chi connectivity index (χ4v) is 4.75. The van der Waals surface area contributed by atoms with E-state index in [1.807, 2.05) is 18.2 Å². The number of nitrogens with one attached hydrogen (secondary N) is 1. The van der Waals surface area contributed by atoms with Gasteiger partial charge in [0.05, 0.1) is 12.7 Å². The quantitative estimate of drug-likeness (QED) is 0.315. The van der Waals surface area contributed by atoms with Crippen LogP contribution in [0.15, 0.2) is 78.9 Å². The molecule has 3 N–H and O–H groups in total. The first-order chi connectivity index (χ1) is 18.3. The van der Waals surface area contributed by atoms with E-state index in [1.54, 1.807) is 55.6 Å². The first kappa shape index (κ1) is 24.8. The molecule has 0 saturated carbocycles. The molecule has 0 saturated heterocycles. The number of amides is 1. The molecule has 2 unspecified atom stereocenters. The lowest BCUT2D eigenvalue weighted by Gasteiger charge is -2.26. The Labute approximate surface area is 218 Å². The predicted octanol–water partition coefficient (Wildman–Crippen LogP) is 4.39. The normalized spacial score (nSPS) is 15.3. The van der Waals surface area contributed by atoms with Crippen molar-refractivity contribution < 1.29 is 34.1 Å². The van der Waals surface area contributed by atoms with Crippen LogP contribution in [0.2, 0.25) is 0 Å². The highest BCUT2D eigenvalue weighted by Crippen LogP contribution is 2.43. The molecule has 0 fully saturated rings. The molecule has 0 aromatic heterocycles. The van der Waals surface area contributed by atoms with E-state index in [0.717, 1.165) is 11.1 Å². The van der Waals surface area contributed by atoms with Gasteiger partial charge in [0, 0.05) is 29.5 Å². The molecule has 0 spiro atoms.